The summed E-state index contributed by atoms with van der Waals surface area (Å²) < 4.78 is 5.22. The molecule has 1 N–H and O–H groups in total. The van der Waals surface area contributed by atoms with E-state index in [2.05, 4.69) is 35.9 Å². The summed E-state index contributed by atoms with van der Waals surface area (Å²) >= 11 is 6.92. The molecule has 4 rings (SSSR count). The molecular weight excluding hydrogens is 376 g/mol. The summed E-state index contributed by atoms with van der Waals surface area (Å²) in [6.07, 6.45) is 7.05. The number of fused-ring (bicyclic) bond motifs is 2. The number of hydrogen-bond donors (Lipinski definition) is 1. The maximum absolute atomic E-state index is 10.3. The van der Waals surface area contributed by atoms with Crippen molar-refractivity contribution in [2.24, 2.45) is 0 Å². The average Bonchev–Trinajstić information content (AvgIpc) is 3.29. The molecule has 0 atom stereocenters. The van der Waals surface area contributed by atoms with Gasteiger partial charge in [-0.05, 0) is 35.9 Å². The van der Waals surface area contributed by atoms with Gasteiger partial charge in [0.05, 0.1) is 9.40 Å². The molecule has 0 aliphatic heterocycles. The molecule has 0 bridgehead atoms. The highest BCUT2D eigenvalue weighted by Crippen LogP contribution is 2.32. The van der Waals surface area contributed by atoms with Crippen LogP contribution in [0.25, 0.3) is 31.0 Å². The summed E-state index contributed by atoms with van der Waals surface area (Å²) in [5.41, 5.74) is 2.36. The van der Waals surface area contributed by atoms with Crippen LogP contribution in [0.2, 0.25) is 0 Å². The first-order valence-electron chi connectivity index (χ1n) is 7.12. The van der Waals surface area contributed by atoms with Crippen LogP contribution in [0.5, 0.6) is 0 Å². The van der Waals surface area contributed by atoms with E-state index < -0.39 is 5.97 Å². The predicted molar refractivity (Wildman–Crippen MR) is 111 cm³/mol. The predicted octanol–water partition coefficient (Wildman–Crippen LogP) is 7.06. The van der Waals surface area contributed by atoms with Gasteiger partial charge in [0.1, 0.15) is 0 Å². The molecule has 0 spiro atoms. The van der Waals surface area contributed by atoms with Crippen molar-refractivity contribution in [2.75, 3.05) is 0 Å². The monoisotopic (exact) mass is 390 g/mol. The lowest BCUT2D eigenvalue weighted by Crippen LogP contribution is -1.84. The second-order valence-corrected chi connectivity index (χ2v) is 8.44. The molecule has 0 unspecified atom stereocenters. The van der Waals surface area contributed by atoms with E-state index in [-0.39, 0.29) is 0 Å². The molecule has 4 heterocycles. The Kier molecular flexibility index (Phi) is 5.63. The summed E-state index contributed by atoms with van der Waals surface area (Å²) in [6, 6.07) is 4.22. The van der Waals surface area contributed by atoms with Crippen LogP contribution >= 0.6 is 45.3 Å². The summed E-state index contributed by atoms with van der Waals surface area (Å²) in [5.74, 6) is -0.907. The molecule has 0 fully saturated rings. The molecule has 4 aromatic rings. The van der Waals surface area contributed by atoms with E-state index in [0.717, 1.165) is 5.56 Å². The summed E-state index contributed by atoms with van der Waals surface area (Å²) in [6.45, 7) is 2.05. The Labute approximate surface area is 155 Å². The van der Waals surface area contributed by atoms with Crippen molar-refractivity contribution in [2.45, 2.75) is 6.92 Å². The van der Waals surface area contributed by atoms with Crippen LogP contribution in [0.3, 0.4) is 0 Å². The standard InChI is InChI=1S/C9H6O2S2.C9H8S2/c10-8(11)2-1-6-5-13-7-3-4-12-9(6)7;1-2-3-7-6-11-8-4-5-10-9(7)8/h1-5H,(H,10,11);2-6H,1H3/b2-1+;3-2+. The van der Waals surface area contributed by atoms with E-state index in [4.69, 9.17) is 5.11 Å². The molecule has 2 nitrogen and oxygen atoms in total. The van der Waals surface area contributed by atoms with Crippen molar-refractivity contribution in [3.8, 4) is 0 Å². The molecule has 6 heteroatoms. The van der Waals surface area contributed by atoms with Crippen LogP contribution in [0.15, 0.2) is 45.8 Å². The van der Waals surface area contributed by atoms with Gasteiger partial charge in [0, 0.05) is 37.4 Å². The fourth-order valence-corrected chi connectivity index (χ4v) is 6.25. The quantitative estimate of drug-likeness (QED) is 0.380. The molecule has 0 radical (unpaired) electrons. The molecule has 122 valence electrons. The van der Waals surface area contributed by atoms with Gasteiger partial charge in [-0.1, -0.05) is 12.2 Å². The Balaban J connectivity index is 0.000000143. The molecule has 0 aromatic carbocycles. The first-order valence-corrected chi connectivity index (χ1v) is 10.6. The molecule has 0 aliphatic rings. The van der Waals surface area contributed by atoms with E-state index >= 15 is 0 Å². The Hall–Kier alpha value is -1.73. The SMILES string of the molecule is C/C=C/c1csc2ccsc12.O=C(O)/C=C/c1csc2ccsc12. The van der Waals surface area contributed by atoms with E-state index in [1.807, 2.05) is 39.5 Å². The van der Waals surface area contributed by atoms with Gasteiger partial charge < -0.3 is 5.11 Å². The van der Waals surface area contributed by atoms with Crippen molar-refractivity contribution in [3.05, 3.63) is 56.9 Å². The number of thiophene rings is 4. The third-order valence-corrected chi connectivity index (χ3v) is 7.28. The van der Waals surface area contributed by atoms with E-state index in [1.165, 1.54) is 30.4 Å². The lowest BCUT2D eigenvalue weighted by molar-refractivity contribution is -0.131. The first-order chi connectivity index (χ1) is 11.7. The largest absolute Gasteiger partial charge is 0.478 e. The van der Waals surface area contributed by atoms with Gasteiger partial charge in [-0.2, -0.15) is 0 Å². The maximum atomic E-state index is 10.3. The molecule has 0 amide bonds. The van der Waals surface area contributed by atoms with Gasteiger partial charge in [0.2, 0.25) is 0 Å². The van der Waals surface area contributed by atoms with Crippen molar-refractivity contribution in [3.63, 3.8) is 0 Å². The average molecular weight is 391 g/mol. The third kappa shape index (κ3) is 3.84. The second kappa shape index (κ2) is 7.90. The van der Waals surface area contributed by atoms with Gasteiger partial charge in [0.25, 0.3) is 0 Å². The smallest absolute Gasteiger partial charge is 0.328 e. The number of carboxylic acid groups (broad SMARTS) is 1. The van der Waals surface area contributed by atoms with E-state index in [1.54, 1.807) is 28.7 Å². The normalized spacial score (nSPS) is 11.5. The molecule has 0 saturated heterocycles. The minimum absolute atomic E-state index is 0.907. The van der Waals surface area contributed by atoms with Gasteiger partial charge in [0.15, 0.2) is 0 Å². The number of carbonyl (C=O) groups is 1. The van der Waals surface area contributed by atoms with Gasteiger partial charge >= 0.3 is 5.97 Å². The zero-order chi connectivity index (χ0) is 16.9. The fourth-order valence-electron chi connectivity index (χ4n) is 2.13. The van der Waals surface area contributed by atoms with Gasteiger partial charge in [-0.25, -0.2) is 4.79 Å². The van der Waals surface area contributed by atoms with Crippen molar-refractivity contribution < 1.29 is 9.90 Å². The molecule has 24 heavy (non-hydrogen) atoms. The van der Waals surface area contributed by atoms with Crippen LogP contribution in [0, 0.1) is 0 Å². The van der Waals surface area contributed by atoms with Crippen molar-refractivity contribution >= 4 is 82.3 Å². The molecule has 0 saturated carbocycles. The molecule has 4 aromatic heterocycles. The minimum Gasteiger partial charge on any atom is -0.478 e. The number of carboxylic acids is 1. The number of rotatable bonds is 3. The van der Waals surface area contributed by atoms with Crippen molar-refractivity contribution in [1.82, 2.24) is 0 Å². The topological polar surface area (TPSA) is 37.3 Å². The van der Waals surface area contributed by atoms with Crippen LogP contribution in [-0.4, -0.2) is 11.1 Å². The minimum atomic E-state index is -0.907. The summed E-state index contributed by atoms with van der Waals surface area (Å²) in [4.78, 5) is 10.3. The molecular formula is C18H14O2S4. The van der Waals surface area contributed by atoms with Crippen LogP contribution in [0.1, 0.15) is 18.1 Å². The number of aliphatic carboxylic acids is 1. The highest BCUT2D eigenvalue weighted by Gasteiger charge is 2.02. The zero-order valence-electron chi connectivity index (χ0n) is 12.8. The Bertz CT molecular complexity index is 1010. The van der Waals surface area contributed by atoms with Crippen LogP contribution in [0.4, 0.5) is 0 Å². The molecule has 0 aliphatic carbocycles. The number of hydrogen-bond acceptors (Lipinski definition) is 5. The van der Waals surface area contributed by atoms with Gasteiger partial charge in [-0.15, -0.1) is 45.3 Å². The van der Waals surface area contributed by atoms with Crippen LogP contribution in [-0.2, 0) is 4.79 Å². The summed E-state index contributed by atoms with van der Waals surface area (Å²) in [5, 5.41) is 16.8. The lowest BCUT2D eigenvalue weighted by atomic mass is 10.3. The Morgan fingerprint density at radius 2 is 1.46 bits per heavy atom. The van der Waals surface area contributed by atoms with E-state index in [0.29, 0.717) is 0 Å². The first kappa shape index (κ1) is 17.1. The Morgan fingerprint density at radius 1 is 0.917 bits per heavy atom. The third-order valence-electron chi connectivity index (χ3n) is 3.16. The lowest BCUT2D eigenvalue weighted by Gasteiger charge is -1.83. The van der Waals surface area contributed by atoms with Gasteiger partial charge in [-0.3, -0.25) is 0 Å². The van der Waals surface area contributed by atoms with Crippen LogP contribution < -0.4 is 0 Å². The highest BCUT2D eigenvalue weighted by atomic mass is 32.1. The Morgan fingerprint density at radius 3 is 1.96 bits per heavy atom. The zero-order valence-corrected chi connectivity index (χ0v) is 16.0. The summed E-state index contributed by atoms with van der Waals surface area (Å²) in [7, 11) is 0. The maximum Gasteiger partial charge on any atom is 0.328 e. The van der Waals surface area contributed by atoms with Crippen molar-refractivity contribution in [1.29, 1.82) is 0 Å². The highest BCUT2D eigenvalue weighted by molar-refractivity contribution is 7.26. The number of allylic oxidation sites excluding steroid dienone is 1. The fraction of sp³-hybridized carbons (Fsp3) is 0.0556. The van der Waals surface area contributed by atoms with E-state index in [9.17, 15) is 4.79 Å². The second-order valence-electron chi connectivity index (χ2n) is 4.78.